The molecule has 3 fully saturated rings. The number of alkyl halides is 1. The van der Waals surface area contributed by atoms with Gasteiger partial charge in [0.15, 0.2) is 23.6 Å². The van der Waals surface area contributed by atoms with Gasteiger partial charge < -0.3 is 44.0 Å². The number of Topliss-reactive ketones (excluding diaryl/α,β-unsaturated/α-hetero) is 1. The van der Waals surface area contributed by atoms with Gasteiger partial charge >= 0.3 is 30.0 Å². The number of rotatable bonds is 9. The van der Waals surface area contributed by atoms with E-state index in [1.807, 2.05) is 0 Å². The summed E-state index contributed by atoms with van der Waals surface area (Å²) < 4.78 is 52.5. The highest BCUT2D eigenvalue weighted by Gasteiger charge is 2.78. The first-order valence-electron chi connectivity index (χ1n) is 20.2. The van der Waals surface area contributed by atoms with Gasteiger partial charge in [-0.15, -0.1) is 0 Å². The number of carbonyl (C=O) groups is 6. The Morgan fingerprint density at radius 1 is 0.918 bits per heavy atom. The van der Waals surface area contributed by atoms with Gasteiger partial charge in [0.25, 0.3) is 0 Å². The Morgan fingerprint density at radius 2 is 1.52 bits per heavy atom. The molecule has 1 heterocycles. The highest BCUT2D eigenvalue weighted by Crippen LogP contribution is 2.65. The third-order valence-corrected chi connectivity index (χ3v) is 12.8. The number of esters is 4. The quantitative estimate of drug-likeness (QED) is 0.176. The summed E-state index contributed by atoms with van der Waals surface area (Å²) in [6, 6.07) is 14.4. The summed E-state index contributed by atoms with van der Waals surface area (Å²) in [4.78, 5) is 82.7. The highest BCUT2D eigenvalue weighted by molar-refractivity contribution is 5.95. The molecule has 3 aliphatic carbocycles. The van der Waals surface area contributed by atoms with Crippen molar-refractivity contribution in [2.45, 2.75) is 135 Å². The molecule has 2 aromatic carbocycles. The number of nitrogens with one attached hydrogen (secondary N) is 1. The minimum atomic E-state index is -2.45. The van der Waals surface area contributed by atoms with E-state index in [0.717, 1.165) is 13.8 Å². The fraction of sp³-hybridized carbons (Fsp3) is 0.556. The Labute approximate surface area is 353 Å². The molecule has 61 heavy (non-hydrogen) atoms. The van der Waals surface area contributed by atoms with Gasteiger partial charge in [0, 0.05) is 32.1 Å². The van der Waals surface area contributed by atoms with Crippen LogP contribution in [0, 0.1) is 16.7 Å². The van der Waals surface area contributed by atoms with Crippen LogP contribution in [0.1, 0.15) is 97.1 Å². The van der Waals surface area contributed by atoms with Crippen molar-refractivity contribution in [3.8, 4) is 0 Å². The highest BCUT2D eigenvalue weighted by atomic mass is 19.1. The average molecular weight is 852 g/mol. The molecule has 16 heteroatoms. The number of ketones is 1. The number of ether oxygens (including phenoxy) is 6. The smallest absolute Gasteiger partial charge is 0.408 e. The second kappa shape index (κ2) is 16.3. The molecule has 2 bridgehead atoms. The molecule has 0 radical (unpaired) electrons. The number of hydrogen-bond donors (Lipinski definition) is 3. The Kier molecular flexibility index (Phi) is 12.1. The Bertz CT molecular complexity index is 2100. The molecule has 2 saturated carbocycles. The van der Waals surface area contributed by atoms with Crippen LogP contribution in [0.15, 0.2) is 71.8 Å². The number of alkyl carbamates (subject to hydrolysis) is 1. The maximum Gasteiger partial charge on any atom is 0.408 e. The van der Waals surface area contributed by atoms with Crippen LogP contribution in [-0.2, 0) is 47.6 Å². The Morgan fingerprint density at radius 3 is 2.07 bits per heavy atom. The van der Waals surface area contributed by atoms with Crippen molar-refractivity contribution in [3.63, 3.8) is 0 Å². The zero-order valence-electron chi connectivity index (χ0n) is 35.7. The standard InChI is InChI=1S/C45H54FNO14/c1-23-28(58-39(53)33(50)32(26-16-12-10-13-17-26)47-40(54)61-41(4,5)6)21-45(55)37(59-38(52)27-18-14-11-15-19-27)35-43(9,29(46)20-30-44(35,22-56-30)60-25(3)49)36(51)34(57-24(2)48)31(23)42(45,7)8/h10-19,28-30,32-35,37,50,55H,20-22H2,1-9H3,(H,47,54)/t28?,29?,30?,32-,33?,34+,35?,37?,43+,44-,45+/m0/s1. The zero-order chi connectivity index (χ0) is 45.0. The number of halogens is 1. The van der Waals surface area contributed by atoms with E-state index in [9.17, 15) is 34.2 Å². The number of carbonyl (C=O) groups excluding carboxylic acids is 6. The van der Waals surface area contributed by atoms with Crippen LogP contribution in [0.25, 0.3) is 0 Å². The van der Waals surface area contributed by atoms with E-state index >= 15 is 9.18 Å². The molecule has 11 atom stereocenters. The lowest BCUT2D eigenvalue weighted by molar-refractivity contribution is -0.341. The molecule has 1 amide bonds. The van der Waals surface area contributed by atoms with Gasteiger partial charge in [-0.2, -0.15) is 0 Å². The number of aliphatic hydroxyl groups is 2. The maximum atomic E-state index is 17.1. The van der Waals surface area contributed by atoms with E-state index in [2.05, 4.69) is 5.32 Å². The molecule has 1 saturated heterocycles. The van der Waals surface area contributed by atoms with E-state index in [4.69, 9.17) is 28.4 Å². The molecule has 2 aromatic rings. The first kappa shape index (κ1) is 45.3. The number of aliphatic hydroxyl groups excluding tert-OH is 1. The Balaban J connectivity index is 1.54. The van der Waals surface area contributed by atoms with Crippen LogP contribution in [-0.4, -0.2) is 106 Å². The molecule has 6 rings (SSSR count). The van der Waals surface area contributed by atoms with Gasteiger partial charge in [-0.3, -0.25) is 14.4 Å². The topological polar surface area (TPSA) is 210 Å². The Hall–Kier alpha value is -5.19. The third kappa shape index (κ3) is 7.93. The molecular formula is C45H54FNO14. The van der Waals surface area contributed by atoms with Crippen molar-refractivity contribution in [3.05, 3.63) is 82.9 Å². The van der Waals surface area contributed by atoms with Crippen molar-refractivity contribution in [2.24, 2.45) is 16.7 Å². The molecule has 6 unspecified atom stereocenters. The molecule has 0 spiro atoms. The van der Waals surface area contributed by atoms with E-state index in [0.29, 0.717) is 5.56 Å². The molecule has 15 nitrogen and oxygen atoms in total. The number of hydrogen-bond acceptors (Lipinski definition) is 14. The van der Waals surface area contributed by atoms with Crippen LogP contribution in [0.3, 0.4) is 0 Å². The number of benzene rings is 2. The van der Waals surface area contributed by atoms with E-state index in [-0.39, 0.29) is 23.3 Å². The van der Waals surface area contributed by atoms with Gasteiger partial charge in [-0.25, -0.2) is 18.8 Å². The van der Waals surface area contributed by atoms with Crippen molar-refractivity contribution < 1.29 is 71.8 Å². The van der Waals surface area contributed by atoms with Crippen molar-refractivity contribution in [2.75, 3.05) is 6.61 Å². The molecular weight excluding hydrogens is 797 g/mol. The van der Waals surface area contributed by atoms with E-state index in [1.54, 1.807) is 69.3 Å². The van der Waals surface area contributed by atoms with Crippen LogP contribution in [0.4, 0.5) is 9.18 Å². The fourth-order valence-corrected chi connectivity index (χ4v) is 9.77. The number of amides is 1. The van der Waals surface area contributed by atoms with Gasteiger partial charge in [-0.05, 0) is 63.5 Å². The molecule has 330 valence electrons. The second-order valence-electron chi connectivity index (χ2n) is 18.1. The monoisotopic (exact) mass is 851 g/mol. The molecule has 0 aromatic heterocycles. The van der Waals surface area contributed by atoms with Gasteiger partial charge in [0.1, 0.15) is 35.7 Å². The van der Waals surface area contributed by atoms with Gasteiger partial charge in [-0.1, -0.05) is 62.4 Å². The largest absolute Gasteiger partial charge is 0.456 e. The first-order valence-corrected chi connectivity index (χ1v) is 20.2. The van der Waals surface area contributed by atoms with Crippen LogP contribution >= 0.6 is 0 Å². The summed E-state index contributed by atoms with van der Waals surface area (Å²) in [5.74, 6) is -6.70. The summed E-state index contributed by atoms with van der Waals surface area (Å²) in [6.45, 7) is 12.5. The van der Waals surface area contributed by atoms with Crippen molar-refractivity contribution in [1.82, 2.24) is 5.32 Å². The molecule has 1 aliphatic heterocycles. The normalized spacial score (nSPS) is 32.5. The lowest BCUT2D eigenvalue weighted by Crippen LogP contribution is -2.81. The van der Waals surface area contributed by atoms with Gasteiger partial charge in [0.05, 0.1) is 29.5 Å². The predicted molar refractivity (Wildman–Crippen MR) is 212 cm³/mol. The van der Waals surface area contributed by atoms with E-state index < -0.39 is 125 Å². The van der Waals surface area contributed by atoms with Crippen LogP contribution < -0.4 is 5.32 Å². The summed E-state index contributed by atoms with van der Waals surface area (Å²) >= 11 is 0. The van der Waals surface area contributed by atoms with Crippen LogP contribution in [0.2, 0.25) is 0 Å². The molecule has 4 aliphatic rings. The molecule has 3 N–H and O–H groups in total. The SMILES string of the molecule is CC(=O)O[C@H]1C(=O)[C@]2(C)C(F)CC3OC[C@@]3(OC(C)=O)C2C(OC(=O)c2ccccc2)[C@]2(O)CC(OC(=O)C(O)[C@@H](NC(=O)OC(C)(C)C)c3ccccc3)C(C)=C1C2(C)C. The maximum absolute atomic E-state index is 17.1. The predicted octanol–water partition coefficient (Wildman–Crippen LogP) is 4.81. The first-order chi connectivity index (χ1) is 28.4. The third-order valence-electron chi connectivity index (χ3n) is 12.8. The average Bonchev–Trinajstić information content (AvgIpc) is 3.17. The van der Waals surface area contributed by atoms with Crippen molar-refractivity contribution >= 4 is 35.8 Å². The summed E-state index contributed by atoms with van der Waals surface area (Å²) in [5, 5.41) is 27.8. The minimum absolute atomic E-state index is 0.0330. The lowest BCUT2D eigenvalue weighted by atomic mass is 9.45. The zero-order valence-corrected chi connectivity index (χ0v) is 35.7. The summed E-state index contributed by atoms with van der Waals surface area (Å²) in [6.07, 6.45) is -12.6. The van der Waals surface area contributed by atoms with Gasteiger partial charge in [0.2, 0.25) is 0 Å². The number of fused-ring (bicyclic) bond motifs is 5. The minimum Gasteiger partial charge on any atom is -0.456 e. The second-order valence-corrected chi connectivity index (χ2v) is 18.1. The van der Waals surface area contributed by atoms with Crippen molar-refractivity contribution in [1.29, 1.82) is 0 Å². The summed E-state index contributed by atoms with van der Waals surface area (Å²) in [5.41, 5.74) is -8.84. The fourth-order valence-electron chi connectivity index (χ4n) is 9.77. The lowest BCUT2D eigenvalue weighted by Gasteiger charge is -2.67. The summed E-state index contributed by atoms with van der Waals surface area (Å²) in [7, 11) is 0. The van der Waals surface area contributed by atoms with E-state index in [1.165, 1.54) is 39.8 Å². The van der Waals surface area contributed by atoms with Crippen LogP contribution in [0.5, 0.6) is 0 Å².